The first-order chi connectivity index (χ1) is 4.24. The van der Waals surface area contributed by atoms with E-state index >= 15 is 0 Å². The maximum Gasteiger partial charge on any atom is 0.420 e. The van der Waals surface area contributed by atoms with Crippen molar-refractivity contribution in [3.63, 3.8) is 0 Å². The number of carbonyl (C=O) groups is 1. The third kappa shape index (κ3) is 1.16. The first-order valence-electron chi connectivity index (χ1n) is 1.99. The summed E-state index contributed by atoms with van der Waals surface area (Å²) >= 11 is 5.52. The van der Waals surface area contributed by atoms with Gasteiger partial charge in [0.25, 0.3) is 0 Å². The predicted molar refractivity (Wildman–Crippen MR) is 37.0 cm³/mol. The van der Waals surface area contributed by atoms with Crippen LogP contribution in [-0.2, 0) is 4.79 Å². The predicted octanol–water partition coefficient (Wildman–Crippen LogP) is -0.237. The van der Waals surface area contributed by atoms with Crippen molar-refractivity contribution in [2.45, 2.75) is 0 Å². The van der Waals surface area contributed by atoms with E-state index in [2.05, 4.69) is 22.3 Å². The summed E-state index contributed by atoms with van der Waals surface area (Å²) in [5.41, 5.74) is 8.10. The topological polar surface area (TPSA) is 65.5 Å². The number of amides is 1. The lowest BCUT2D eigenvalue weighted by Crippen LogP contribution is -2.21. The van der Waals surface area contributed by atoms with Crippen molar-refractivity contribution in [1.82, 2.24) is 5.32 Å². The zero-order valence-corrected chi connectivity index (χ0v) is 5.75. The molecule has 0 aromatic rings. The summed E-state index contributed by atoms with van der Waals surface area (Å²) in [7, 11) is 0. The van der Waals surface area contributed by atoms with Crippen molar-refractivity contribution in [1.29, 1.82) is 0 Å². The summed E-state index contributed by atoms with van der Waals surface area (Å²) in [6, 6.07) is 0. The van der Waals surface area contributed by atoms with Gasteiger partial charge in [-0.25, -0.2) is 0 Å². The number of nitrogens with one attached hydrogen (secondary N) is 1. The van der Waals surface area contributed by atoms with E-state index in [1.54, 1.807) is 0 Å². The van der Waals surface area contributed by atoms with Crippen LogP contribution in [0.3, 0.4) is 0 Å². The van der Waals surface area contributed by atoms with Gasteiger partial charge in [0.05, 0.1) is 0 Å². The summed E-state index contributed by atoms with van der Waals surface area (Å²) < 4.78 is 0.327. The Morgan fingerprint density at radius 1 is 1.78 bits per heavy atom. The summed E-state index contributed by atoms with van der Waals surface area (Å²) in [5.74, 6) is -0.437. The number of hydrogen-bond donors (Lipinski definition) is 1. The Balaban J connectivity index is 2.94. The molecule has 9 heavy (non-hydrogen) atoms. The van der Waals surface area contributed by atoms with E-state index in [1.807, 2.05) is 0 Å². The Labute approximate surface area is 60.2 Å². The van der Waals surface area contributed by atoms with Gasteiger partial charge in [0.2, 0.25) is 0 Å². The highest BCUT2D eigenvalue weighted by Crippen LogP contribution is 2.09. The van der Waals surface area contributed by atoms with Crippen molar-refractivity contribution in [2.75, 3.05) is 0 Å². The third-order valence-corrected chi connectivity index (χ3v) is 1.79. The van der Waals surface area contributed by atoms with E-state index in [9.17, 15) is 4.79 Å². The minimum atomic E-state index is -0.437. The molecule has 0 radical (unpaired) electrons. The average Bonchev–Trinajstić information content (AvgIpc) is 2.10. The minimum Gasteiger partial charge on any atom is -0.360 e. The van der Waals surface area contributed by atoms with Gasteiger partial charge in [-0.2, -0.15) is 4.79 Å². The van der Waals surface area contributed by atoms with Crippen molar-refractivity contribution in [3.8, 4) is 0 Å². The largest absolute Gasteiger partial charge is 0.420 e. The summed E-state index contributed by atoms with van der Waals surface area (Å²) in [4.78, 5) is 13.2. The second-order valence-corrected chi connectivity index (χ2v) is 2.91. The van der Waals surface area contributed by atoms with Crippen molar-refractivity contribution in [2.24, 2.45) is 0 Å². The molecule has 1 aliphatic rings. The maximum absolute atomic E-state index is 10.5. The molecule has 46 valence electrons. The Kier molecular flexibility index (Phi) is 1.61. The van der Waals surface area contributed by atoms with Gasteiger partial charge in [-0.05, 0) is 0 Å². The zero-order chi connectivity index (χ0) is 6.85. The van der Waals surface area contributed by atoms with Crippen LogP contribution >= 0.6 is 24.0 Å². The first-order valence-corrected chi connectivity index (χ1v) is 3.21. The monoisotopic (exact) mass is 159 g/mol. The number of carbonyl (C=O) groups excluding carboxylic acids is 1. The van der Waals surface area contributed by atoms with Crippen LogP contribution in [0.4, 0.5) is 0 Å². The number of thioether (sulfide) groups is 1. The molecule has 1 saturated heterocycles. The normalized spacial score (nSPS) is 17.6. The van der Waals surface area contributed by atoms with Gasteiger partial charge in [-0.3, -0.25) is 4.79 Å². The highest BCUT2D eigenvalue weighted by molar-refractivity contribution is 8.35. The molecule has 1 N–H and O–H groups in total. The molecule has 0 unspecified atom stereocenters. The number of nitrogens with zero attached hydrogens (tertiary/aromatic N) is 2. The van der Waals surface area contributed by atoms with Gasteiger partial charge >= 0.3 is 11.0 Å². The van der Waals surface area contributed by atoms with Gasteiger partial charge in [0, 0.05) is 11.8 Å². The van der Waals surface area contributed by atoms with Crippen LogP contribution in [0.15, 0.2) is 0 Å². The van der Waals surface area contributed by atoms with E-state index in [0.29, 0.717) is 4.32 Å². The molecule has 0 spiro atoms. The Morgan fingerprint density at radius 3 is 2.67 bits per heavy atom. The van der Waals surface area contributed by atoms with Crippen LogP contribution in [0.25, 0.3) is 5.53 Å². The van der Waals surface area contributed by atoms with Crippen molar-refractivity contribution in [3.05, 3.63) is 5.53 Å². The zero-order valence-electron chi connectivity index (χ0n) is 4.12. The highest BCUT2D eigenvalue weighted by atomic mass is 32.2. The summed E-state index contributed by atoms with van der Waals surface area (Å²) in [5, 5.41) is 2.28. The maximum atomic E-state index is 10.5. The minimum absolute atomic E-state index is 0.000000000000000222. The molecular formula is C3HN3OS2. The lowest BCUT2D eigenvalue weighted by Gasteiger charge is -1.78. The Hall–Kier alpha value is -0.710. The molecule has 1 fully saturated rings. The number of rotatable bonds is 0. The standard InChI is InChI=1S/C3HN3OS2/c4-6-2-1(7)5-3(8)9-2/h(H,5,7,8). The quantitative estimate of drug-likeness (QED) is 0.301. The van der Waals surface area contributed by atoms with Gasteiger partial charge in [0.1, 0.15) is 0 Å². The molecule has 0 aromatic carbocycles. The summed E-state index contributed by atoms with van der Waals surface area (Å²) in [6.07, 6.45) is 0. The molecule has 4 nitrogen and oxygen atoms in total. The van der Waals surface area contributed by atoms with Crippen LogP contribution in [0.2, 0.25) is 0 Å². The van der Waals surface area contributed by atoms with Crippen molar-refractivity contribution < 1.29 is 9.58 Å². The second kappa shape index (κ2) is 2.26. The SMILES string of the molecule is [N-]=[N+]=C1SC(=S)NC1=O. The molecule has 1 rings (SSSR count). The molecule has 0 atom stereocenters. The lowest BCUT2D eigenvalue weighted by molar-refractivity contribution is -0.116. The van der Waals surface area contributed by atoms with E-state index < -0.39 is 5.91 Å². The lowest BCUT2D eigenvalue weighted by atomic mass is 10.7. The van der Waals surface area contributed by atoms with Crippen LogP contribution in [0, 0.1) is 0 Å². The molecule has 0 saturated carbocycles. The van der Waals surface area contributed by atoms with Gasteiger partial charge in [-0.1, -0.05) is 12.2 Å². The van der Waals surface area contributed by atoms with E-state index in [-0.39, 0.29) is 5.04 Å². The van der Waals surface area contributed by atoms with Gasteiger partial charge in [0.15, 0.2) is 4.32 Å². The molecular weight excluding hydrogens is 158 g/mol. The van der Waals surface area contributed by atoms with Crippen molar-refractivity contribution >= 4 is 39.3 Å². The van der Waals surface area contributed by atoms with E-state index in [1.165, 1.54) is 0 Å². The number of hydrogen-bond acceptors (Lipinski definition) is 3. The first kappa shape index (κ1) is 6.41. The fourth-order valence-electron chi connectivity index (χ4n) is 0.372. The van der Waals surface area contributed by atoms with Gasteiger partial charge < -0.3 is 10.8 Å². The fourth-order valence-corrected chi connectivity index (χ4v) is 1.21. The average molecular weight is 159 g/mol. The number of thiocarbonyl (C=S) groups is 1. The molecule has 0 bridgehead atoms. The molecule has 0 aliphatic carbocycles. The van der Waals surface area contributed by atoms with Crippen LogP contribution in [0.1, 0.15) is 0 Å². The molecule has 1 amide bonds. The smallest absolute Gasteiger partial charge is 0.360 e. The highest BCUT2D eigenvalue weighted by Gasteiger charge is 2.31. The molecule has 0 aromatic heterocycles. The van der Waals surface area contributed by atoms with Crippen LogP contribution in [0.5, 0.6) is 0 Å². The van der Waals surface area contributed by atoms with Gasteiger partial charge in [-0.15, -0.1) is 0 Å². The van der Waals surface area contributed by atoms with E-state index in [0.717, 1.165) is 11.8 Å². The fraction of sp³-hybridized carbons (Fsp3) is 0. The summed E-state index contributed by atoms with van der Waals surface area (Å²) in [6.45, 7) is 0. The Bertz CT molecular complexity index is 229. The molecule has 1 aliphatic heterocycles. The third-order valence-electron chi connectivity index (χ3n) is 0.690. The molecule has 1 heterocycles. The second-order valence-electron chi connectivity index (χ2n) is 1.25. The van der Waals surface area contributed by atoms with Crippen LogP contribution < -0.4 is 5.32 Å². The van der Waals surface area contributed by atoms with Crippen LogP contribution in [-0.4, -0.2) is 20.1 Å². The van der Waals surface area contributed by atoms with E-state index in [4.69, 9.17) is 5.53 Å². The molecule has 6 heteroatoms. The Morgan fingerprint density at radius 2 is 2.44 bits per heavy atom.